The van der Waals surface area contributed by atoms with Gasteiger partial charge in [-0.1, -0.05) is 30.3 Å². The van der Waals surface area contributed by atoms with Gasteiger partial charge in [-0.15, -0.1) is 0 Å². The van der Waals surface area contributed by atoms with Crippen molar-refractivity contribution in [1.29, 1.82) is 0 Å². The first-order valence-corrected chi connectivity index (χ1v) is 6.38. The van der Waals surface area contributed by atoms with Crippen LogP contribution in [0.1, 0.15) is 12.5 Å². The molecule has 4 atom stereocenters. The zero-order chi connectivity index (χ0) is 14.0. The summed E-state index contributed by atoms with van der Waals surface area (Å²) in [6.07, 6.45) is -1.43. The predicted molar refractivity (Wildman–Crippen MR) is 71.3 cm³/mol. The van der Waals surface area contributed by atoms with Gasteiger partial charge in [0.2, 0.25) is 5.91 Å². The molecule has 0 aliphatic carbocycles. The highest BCUT2D eigenvalue weighted by Crippen LogP contribution is 2.31. The van der Waals surface area contributed by atoms with Crippen LogP contribution in [0.5, 0.6) is 0 Å². The number of carbonyl (C=O) groups excluding carboxylic acids is 1. The van der Waals surface area contributed by atoms with Crippen molar-refractivity contribution in [2.75, 3.05) is 6.54 Å². The van der Waals surface area contributed by atoms with Crippen molar-refractivity contribution in [3.63, 3.8) is 0 Å². The molecule has 1 aliphatic heterocycles. The summed E-state index contributed by atoms with van der Waals surface area (Å²) in [4.78, 5) is 11.9. The smallest absolute Gasteiger partial charge is 0.225 e. The molecule has 5 N–H and O–H groups in total. The number of rotatable bonds is 4. The number of carbonyl (C=O) groups is 1. The van der Waals surface area contributed by atoms with Gasteiger partial charge in [-0.25, -0.2) is 0 Å². The summed E-state index contributed by atoms with van der Waals surface area (Å²) >= 11 is 0. The maximum Gasteiger partial charge on any atom is 0.225 e. The number of nitrogens with two attached hydrogens (primary N) is 1. The van der Waals surface area contributed by atoms with E-state index in [1.165, 1.54) is 0 Å². The monoisotopic (exact) mass is 264 g/mol. The molecule has 0 bridgehead atoms. The zero-order valence-electron chi connectivity index (χ0n) is 10.9. The molecule has 1 aliphatic rings. The molecule has 4 unspecified atom stereocenters. The highest BCUT2D eigenvalue weighted by atomic mass is 16.3. The van der Waals surface area contributed by atoms with Gasteiger partial charge in [0.05, 0.1) is 23.7 Å². The highest BCUT2D eigenvalue weighted by Gasteiger charge is 2.48. The molecule has 1 aromatic carbocycles. The summed E-state index contributed by atoms with van der Waals surface area (Å²) in [5, 5.41) is 22.6. The molecular formula is C14H20N2O3. The normalized spacial score (nSPS) is 29.9. The van der Waals surface area contributed by atoms with E-state index in [0.29, 0.717) is 6.42 Å². The second-order valence-electron chi connectivity index (χ2n) is 5.39. The number of benzene rings is 1. The van der Waals surface area contributed by atoms with Crippen LogP contribution in [-0.4, -0.2) is 40.9 Å². The third kappa shape index (κ3) is 2.63. The lowest BCUT2D eigenvalue weighted by Gasteiger charge is -2.34. The van der Waals surface area contributed by atoms with E-state index < -0.39 is 29.6 Å². The number of primary amides is 1. The van der Waals surface area contributed by atoms with E-state index in [0.717, 1.165) is 5.56 Å². The van der Waals surface area contributed by atoms with Gasteiger partial charge < -0.3 is 21.3 Å². The summed E-state index contributed by atoms with van der Waals surface area (Å²) in [7, 11) is 0. The second kappa shape index (κ2) is 5.28. The van der Waals surface area contributed by atoms with Gasteiger partial charge in [-0.05, 0) is 18.9 Å². The maximum atomic E-state index is 11.9. The number of nitrogens with one attached hydrogen (secondary N) is 1. The quantitative estimate of drug-likeness (QED) is 0.585. The Bertz CT molecular complexity index is 451. The van der Waals surface area contributed by atoms with Crippen LogP contribution in [0, 0.1) is 5.41 Å². The first kappa shape index (κ1) is 14.0. The SMILES string of the molecule is CC(Cc1ccccc1)(C(N)=O)C1NCC(O)C1O. The highest BCUT2D eigenvalue weighted by molar-refractivity contribution is 5.82. The molecule has 1 heterocycles. The molecule has 0 aromatic heterocycles. The van der Waals surface area contributed by atoms with Crippen LogP contribution in [0.4, 0.5) is 0 Å². The second-order valence-corrected chi connectivity index (χ2v) is 5.39. The number of aliphatic hydroxyl groups excluding tert-OH is 2. The topological polar surface area (TPSA) is 95.6 Å². The van der Waals surface area contributed by atoms with E-state index >= 15 is 0 Å². The number of amides is 1. The van der Waals surface area contributed by atoms with Crippen molar-refractivity contribution in [2.45, 2.75) is 31.6 Å². The number of hydrogen-bond donors (Lipinski definition) is 4. The fraction of sp³-hybridized carbons (Fsp3) is 0.500. The van der Waals surface area contributed by atoms with Gasteiger partial charge >= 0.3 is 0 Å². The number of aliphatic hydroxyl groups is 2. The molecule has 1 saturated heterocycles. The van der Waals surface area contributed by atoms with Crippen LogP contribution in [-0.2, 0) is 11.2 Å². The molecule has 2 rings (SSSR count). The first-order valence-electron chi connectivity index (χ1n) is 6.38. The Hall–Kier alpha value is -1.43. The Morgan fingerprint density at radius 1 is 1.42 bits per heavy atom. The molecule has 1 amide bonds. The van der Waals surface area contributed by atoms with Crippen LogP contribution in [0.3, 0.4) is 0 Å². The molecule has 0 spiro atoms. The Labute approximate surface area is 112 Å². The fourth-order valence-corrected chi connectivity index (χ4v) is 2.68. The molecule has 5 heteroatoms. The summed E-state index contributed by atoms with van der Waals surface area (Å²) < 4.78 is 0. The Morgan fingerprint density at radius 3 is 2.53 bits per heavy atom. The zero-order valence-corrected chi connectivity index (χ0v) is 10.9. The minimum absolute atomic E-state index is 0.267. The van der Waals surface area contributed by atoms with Crippen LogP contribution in [0.25, 0.3) is 0 Å². The summed E-state index contributed by atoms with van der Waals surface area (Å²) in [6.45, 7) is 1.99. The predicted octanol–water partition coefficient (Wildman–Crippen LogP) is -0.586. The Kier molecular flexibility index (Phi) is 3.89. The molecule has 1 fully saturated rings. The van der Waals surface area contributed by atoms with E-state index in [-0.39, 0.29) is 6.54 Å². The average molecular weight is 264 g/mol. The first-order chi connectivity index (χ1) is 8.95. The summed E-state index contributed by atoms with van der Waals surface area (Å²) in [5.41, 5.74) is 5.56. The van der Waals surface area contributed by atoms with E-state index in [1.807, 2.05) is 30.3 Å². The van der Waals surface area contributed by atoms with Crippen molar-refractivity contribution in [2.24, 2.45) is 11.1 Å². The van der Waals surface area contributed by atoms with Gasteiger partial charge in [-0.3, -0.25) is 4.79 Å². The molecule has 0 radical (unpaired) electrons. The lowest BCUT2D eigenvalue weighted by Crippen LogP contribution is -2.54. The lowest BCUT2D eigenvalue weighted by molar-refractivity contribution is -0.130. The summed E-state index contributed by atoms with van der Waals surface area (Å²) in [5.74, 6) is -0.484. The molecule has 5 nitrogen and oxygen atoms in total. The lowest BCUT2D eigenvalue weighted by atomic mass is 9.74. The van der Waals surface area contributed by atoms with Crippen molar-refractivity contribution in [3.8, 4) is 0 Å². The Balaban J connectivity index is 2.26. The molecular weight excluding hydrogens is 244 g/mol. The van der Waals surface area contributed by atoms with Gasteiger partial charge in [0.15, 0.2) is 0 Å². The van der Waals surface area contributed by atoms with E-state index in [4.69, 9.17) is 5.73 Å². The van der Waals surface area contributed by atoms with Crippen LogP contribution in [0.2, 0.25) is 0 Å². The third-order valence-electron chi connectivity index (χ3n) is 3.95. The average Bonchev–Trinajstić information content (AvgIpc) is 2.71. The fourth-order valence-electron chi connectivity index (χ4n) is 2.68. The minimum atomic E-state index is -0.985. The maximum absolute atomic E-state index is 11.9. The molecule has 0 saturated carbocycles. The van der Waals surface area contributed by atoms with Gasteiger partial charge in [0.1, 0.15) is 0 Å². The molecule has 19 heavy (non-hydrogen) atoms. The molecule has 1 aromatic rings. The van der Waals surface area contributed by atoms with Crippen LogP contribution in [0.15, 0.2) is 30.3 Å². The van der Waals surface area contributed by atoms with Gasteiger partial charge in [0.25, 0.3) is 0 Å². The van der Waals surface area contributed by atoms with E-state index in [2.05, 4.69) is 5.32 Å². The van der Waals surface area contributed by atoms with Gasteiger partial charge in [-0.2, -0.15) is 0 Å². The van der Waals surface area contributed by atoms with Crippen LogP contribution < -0.4 is 11.1 Å². The standard InChI is InChI=1S/C14H20N2O3/c1-14(13(15)19,7-9-5-3-2-4-6-9)12-11(18)10(17)8-16-12/h2-6,10-12,16-18H,7-8H2,1H3,(H2,15,19). The van der Waals surface area contributed by atoms with E-state index in [1.54, 1.807) is 6.92 Å². The van der Waals surface area contributed by atoms with Crippen molar-refractivity contribution >= 4 is 5.91 Å². The summed E-state index contributed by atoms with van der Waals surface area (Å²) in [6, 6.07) is 8.98. The van der Waals surface area contributed by atoms with Gasteiger partial charge in [0, 0.05) is 6.54 Å². The van der Waals surface area contributed by atoms with Crippen molar-refractivity contribution < 1.29 is 15.0 Å². The number of hydrogen-bond acceptors (Lipinski definition) is 4. The third-order valence-corrected chi connectivity index (χ3v) is 3.95. The minimum Gasteiger partial charge on any atom is -0.389 e. The largest absolute Gasteiger partial charge is 0.389 e. The van der Waals surface area contributed by atoms with Crippen molar-refractivity contribution in [1.82, 2.24) is 5.32 Å². The molecule has 104 valence electrons. The van der Waals surface area contributed by atoms with Crippen LogP contribution >= 0.6 is 0 Å². The van der Waals surface area contributed by atoms with E-state index in [9.17, 15) is 15.0 Å². The van der Waals surface area contributed by atoms with Crippen molar-refractivity contribution in [3.05, 3.63) is 35.9 Å². The number of β-amino-alcohol motifs (C(OH)–C–C–N with tert-alkyl or cyclic N) is 1. The Morgan fingerprint density at radius 2 is 2.05 bits per heavy atom.